The van der Waals surface area contributed by atoms with Crippen molar-refractivity contribution in [3.8, 4) is 23.0 Å². The van der Waals surface area contributed by atoms with Crippen molar-refractivity contribution in [2.24, 2.45) is 4.99 Å². The number of fused-ring (bicyclic) bond motifs is 1. The third-order valence-corrected chi connectivity index (χ3v) is 4.04. The zero-order chi connectivity index (χ0) is 18.1. The molecule has 0 aliphatic heterocycles. The van der Waals surface area contributed by atoms with Crippen molar-refractivity contribution in [2.45, 2.75) is 0 Å². The SMILES string of the molecule is Oc1ccc(C=Nc2ccc3oc(-c4cccc(Cl)c4)nc3c2)c(O)c1. The number of hydrogen-bond acceptors (Lipinski definition) is 5. The molecule has 5 nitrogen and oxygen atoms in total. The highest BCUT2D eigenvalue weighted by atomic mass is 35.5. The van der Waals surface area contributed by atoms with Crippen LogP contribution in [0.1, 0.15) is 5.56 Å². The van der Waals surface area contributed by atoms with Gasteiger partial charge in [0.25, 0.3) is 0 Å². The van der Waals surface area contributed by atoms with Crippen LogP contribution in [-0.4, -0.2) is 21.4 Å². The van der Waals surface area contributed by atoms with Crippen LogP contribution >= 0.6 is 11.6 Å². The number of oxazole rings is 1. The topological polar surface area (TPSA) is 78.9 Å². The van der Waals surface area contributed by atoms with Gasteiger partial charge in [-0.2, -0.15) is 0 Å². The Balaban J connectivity index is 1.66. The molecular weight excluding hydrogens is 352 g/mol. The summed E-state index contributed by atoms with van der Waals surface area (Å²) >= 11 is 6.02. The van der Waals surface area contributed by atoms with E-state index >= 15 is 0 Å². The number of nitrogens with zero attached hydrogens (tertiary/aromatic N) is 2. The summed E-state index contributed by atoms with van der Waals surface area (Å²) in [6.45, 7) is 0. The highest BCUT2D eigenvalue weighted by Gasteiger charge is 2.09. The Morgan fingerprint density at radius 3 is 2.69 bits per heavy atom. The number of phenols is 2. The first-order valence-electron chi connectivity index (χ1n) is 7.81. The molecular formula is C20H13ClN2O3. The number of rotatable bonds is 3. The van der Waals surface area contributed by atoms with Gasteiger partial charge < -0.3 is 14.6 Å². The van der Waals surface area contributed by atoms with E-state index in [-0.39, 0.29) is 11.5 Å². The fraction of sp³-hybridized carbons (Fsp3) is 0. The lowest BCUT2D eigenvalue weighted by molar-refractivity contribution is 0.450. The number of aliphatic imine (C=N–C) groups is 1. The Morgan fingerprint density at radius 1 is 1.00 bits per heavy atom. The molecule has 128 valence electrons. The Kier molecular flexibility index (Phi) is 4.07. The maximum Gasteiger partial charge on any atom is 0.227 e. The number of aromatic nitrogens is 1. The quantitative estimate of drug-likeness (QED) is 0.483. The molecule has 6 heteroatoms. The largest absolute Gasteiger partial charge is 0.508 e. The molecule has 0 saturated carbocycles. The molecule has 0 saturated heterocycles. The highest BCUT2D eigenvalue weighted by molar-refractivity contribution is 6.30. The van der Waals surface area contributed by atoms with E-state index in [1.54, 1.807) is 36.4 Å². The van der Waals surface area contributed by atoms with Gasteiger partial charge in [0, 0.05) is 28.4 Å². The molecule has 2 N–H and O–H groups in total. The Hall–Kier alpha value is -3.31. The van der Waals surface area contributed by atoms with Crippen LogP contribution in [0.25, 0.3) is 22.6 Å². The maximum atomic E-state index is 9.80. The highest BCUT2D eigenvalue weighted by Crippen LogP contribution is 2.29. The summed E-state index contributed by atoms with van der Waals surface area (Å²) in [4.78, 5) is 8.83. The lowest BCUT2D eigenvalue weighted by Crippen LogP contribution is -1.81. The summed E-state index contributed by atoms with van der Waals surface area (Å²) in [6.07, 6.45) is 1.52. The Bertz CT molecular complexity index is 1140. The van der Waals surface area contributed by atoms with Crippen molar-refractivity contribution in [3.05, 3.63) is 71.2 Å². The van der Waals surface area contributed by atoms with Gasteiger partial charge in [0.1, 0.15) is 17.0 Å². The van der Waals surface area contributed by atoms with Gasteiger partial charge in [0.15, 0.2) is 5.58 Å². The minimum absolute atomic E-state index is 0.00258. The second kappa shape index (κ2) is 6.54. The molecule has 0 spiro atoms. The maximum absolute atomic E-state index is 9.80. The second-order valence-electron chi connectivity index (χ2n) is 5.68. The molecule has 4 aromatic rings. The van der Waals surface area contributed by atoms with Gasteiger partial charge in [-0.15, -0.1) is 0 Å². The second-order valence-corrected chi connectivity index (χ2v) is 6.12. The van der Waals surface area contributed by atoms with E-state index in [2.05, 4.69) is 9.98 Å². The summed E-state index contributed by atoms with van der Waals surface area (Å²) in [5.41, 5.74) is 3.28. The molecule has 0 radical (unpaired) electrons. The van der Waals surface area contributed by atoms with Crippen molar-refractivity contribution in [3.63, 3.8) is 0 Å². The van der Waals surface area contributed by atoms with Crippen molar-refractivity contribution in [1.82, 2.24) is 4.98 Å². The molecule has 3 aromatic carbocycles. The Labute approximate surface area is 153 Å². The van der Waals surface area contributed by atoms with Crippen LogP contribution in [0.4, 0.5) is 5.69 Å². The lowest BCUT2D eigenvalue weighted by Gasteiger charge is -1.99. The summed E-state index contributed by atoms with van der Waals surface area (Å²) in [7, 11) is 0. The van der Waals surface area contributed by atoms with Crippen LogP contribution in [0, 0.1) is 0 Å². The third-order valence-electron chi connectivity index (χ3n) is 3.81. The average molecular weight is 365 g/mol. The number of halogens is 1. The third kappa shape index (κ3) is 3.25. The van der Waals surface area contributed by atoms with Crippen molar-refractivity contribution in [2.75, 3.05) is 0 Å². The first kappa shape index (κ1) is 16.2. The first-order chi connectivity index (χ1) is 12.6. The van der Waals surface area contributed by atoms with Crippen molar-refractivity contribution >= 4 is 34.6 Å². The summed E-state index contributed by atoms with van der Waals surface area (Å²) in [5.74, 6) is 0.441. The van der Waals surface area contributed by atoms with Gasteiger partial charge in [-0.05, 0) is 48.5 Å². The minimum Gasteiger partial charge on any atom is -0.508 e. The molecule has 4 rings (SSSR count). The number of hydrogen-bond donors (Lipinski definition) is 2. The molecule has 26 heavy (non-hydrogen) atoms. The predicted octanol–water partition coefficient (Wildman–Crippen LogP) is 5.31. The molecule has 1 aromatic heterocycles. The zero-order valence-corrected chi connectivity index (χ0v) is 14.2. The smallest absolute Gasteiger partial charge is 0.227 e. The Morgan fingerprint density at radius 2 is 1.88 bits per heavy atom. The average Bonchev–Trinajstić information content (AvgIpc) is 3.04. The van der Waals surface area contributed by atoms with E-state index in [0.717, 1.165) is 5.56 Å². The fourth-order valence-corrected chi connectivity index (χ4v) is 2.72. The van der Waals surface area contributed by atoms with Gasteiger partial charge in [-0.25, -0.2) is 4.98 Å². The lowest BCUT2D eigenvalue weighted by atomic mass is 10.2. The summed E-state index contributed by atoms with van der Waals surface area (Å²) in [6, 6.07) is 17.0. The van der Waals surface area contributed by atoms with E-state index in [1.807, 2.05) is 12.1 Å². The zero-order valence-electron chi connectivity index (χ0n) is 13.4. The van der Waals surface area contributed by atoms with E-state index in [1.165, 1.54) is 18.3 Å². The standard InChI is InChI=1S/C20H13ClN2O3/c21-14-3-1-2-12(8-14)20-23-17-9-15(5-7-19(17)26-20)22-11-13-4-6-16(24)10-18(13)25/h1-11,24-25H. The molecule has 0 amide bonds. The van der Waals surface area contributed by atoms with E-state index < -0.39 is 0 Å². The number of aromatic hydroxyl groups is 2. The van der Waals surface area contributed by atoms with E-state index in [4.69, 9.17) is 16.0 Å². The first-order valence-corrected chi connectivity index (χ1v) is 8.19. The summed E-state index contributed by atoms with van der Waals surface area (Å²) < 4.78 is 5.77. The monoisotopic (exact) mass is 364 g/mol. The molecule has 0 aliphatic rings. The molecule has 0 atom stereocenters. The molecule has 0 aliphatic carbocycles. The van der Waals surface area contributed by atoms with Crippen molar-refractivity contribution in [1.29, 1.82) is 0 Å². The van der Waals surface area contributed by atoms with Gasteiger partial charge >= 0.3 is 0 Å². The molecule has 0 bridgehead atoms. The van der Waals surface area contributed by atoms with Gasteiger partial charge in [0.2, 0.25) is 5.89 Å². The van der Waals surface area contributed by atoms with Crippen LogP contribution in [0.5, 0.6) is 11.5 Å². The van der Waals surface area contributed by atoms with Crippen LogP contribution in [-0.2, 0) is 0 Å². The molecule has 1 heterocycles. The molecule has 0 fully saturated rings. The van der Waals surface area contributed by atoms with Crippen LogP contribution in [0.2, 0.25) is 5.02 Å². The van der Waals surface area contributed by atoms with E-state index in [0.29, 0.717) is 33.3 Å². The van der Waals surface area contributed by atoms with Gasteiger partial charge in [0.05, 0.1) is 5.69 Å². The predicted molar refractivity (Wildman–Crippen MR) is 101 cm³/mol. The van der Waals surface area contributed by atoms with Gasteiger partial charge in [-0.1, -0.05) is 17.7 Å². The minimum atomic E-state index is -0.0421. The summed E-state index contributed by atoms with van der Waals surface area (Å²) in [5, 5.41) is 19.7. The van der Waals surface area contributed by atoms with Crippen molar-refractivity contribution < 1.29 is 14.6 Å². The van der Waals surface area contributed by atoms with Gasteiger partial charge in [-0.3, -0.25) is 4.99 Å². The van der Waals surface area contributed by atoms with Crippen LogP contribution < -0.4 is 0 Å². The van der Waals surface area contributed by atoms with Crippen LogP contribution in [0.3, 0.4) is 0 Å². The number of phenolic OH excluding ortho intramolecular Hbond substituents is 2. The normalized spacial score (nSPS) is 11.4. The molecule has 0 unspecified atom stereocenters. The fourth-order valence-electron chi connectivity index (χ4n) is 2.53. The van der Waals surface area contributed by atoms with E-state index in [9.17, 15) is 10.2 Å². The van der Waals surface area contributed by atoms with Crippen LogP contribution in [0.15, 0.2) is 70.1 Å². The number of benzene rings is 3.